The monoisotopic (exact) mass is 340 g/mol. The van der Waals surface area contributed by atoms with Crippen LogP contribution in [-0.2, 0) is 0 Å². The van der Waals surface area contributed by atoms with E-state index in [9.17, 15) is 9.59 Å². The number of carbonyl (C=O) groups is 2. The van der Waals surface area contributed by atoms with Crippen molar-refractivity contribution in [3.05, 3.63) is 45.6 Å². The number of hydrogen-bond acceptors (Lipinski definition) is 4. The number of carboxylic acids is 1. The molecular weight excluding hydrogens is 332 g/mol. The molecule has 1 heterocycles. The van der Waals surface area contributed by atoms with Crippen LogP contribution in [0.4, 0.5) is 5.00 Å². The van der Waals surface area contributed by atoms with E-state index in [0.29, 0.717) is 11.3 Å². The molecule has 2 aromatic rings. The molecule has 0 aliphatic rings. The summed E-state index contributed by atoms with van der Waals surface area (Å²) in [5, 5.41) is 11.9. The van der Waals surface area contributed by atoms with E-state index in [1.54, 1.807) is 31.2 Å². The molecule has 0 saturated heterocycles. The maximum Gasteiger partial charge on any atom is 0.340 e. The highest BCUT2D eigenvalue weighted by Crippen LogP contribution is 2.25. The second-order valence-electron chi connectivity index (χ2n) is 3.74. The Hall–Kier alpha value is -1.73. The maximum atomic E-state index is 12.0. The summed E-state index contributed by atoms with van der Waals surface area (Å²) in [4.78, 5) is 23.0. The van der Waals surface area contributed by atoms with Crippen LogP contribution in [0.15, 0.2) is 28.7 Å². The fourth-order valence-corrected chi connectivity index (χ4v) is 2.53. The molecule has 0 radical (unpaired) electrons. The highest BCUT2D eigenvalue weighted by molar-refractivity contribution is 9.10. The molecule has 0 aliphatic carbocycles. The molecule has 0 atom stereocenters. The van der Waals surface area contributed by atoms with E-state index >= 15 is 0 Å². The van der Waals surface area contributed by atoms with Gasteiger partial charge in [0.15, 0.2) is 0 Å². The first-order valence-corrected chi connectivity index (χ1v) is 6.82. The molecule has 19 heavy (non-hydrogen) atoms. The topological polar surface area (TPSA) is 79.3 Å². The highest BCUT2D eigenvalue weighted by Gasteiger charge is 2.19. The third-order valence-corrected chi connectivity index (χ3v) is 3.79. The van der Waals surface area contributed by atoms with Crippen LogP contribution in [-0.4, -0.2) is 21.4 Å². The van der Waals surface area contributed by atoms with Gasteiger partial charge < -0.3 is 10.4 Å². The Morgan fingerprint density at radius 2 is 1.95 bits per heavy atom. The number of benzene rings is 1. The van der Waals surface area contributed by atoms with Crippen molar-refractivity contribution in [2.24, 2.45) is 0 Å². The van der Waals surface area contributed by atoms with Gasteiger partial charge in [-0.05, 0) is 42.7 Å². The first kappa shape index (κ1) is 13.7. The van der Waals surface area contributed by atoms with Gasteiger partial charge in [0.2, 0.25) is 0 Å². The zero-order valence-corrected chi connectivity index (χ0v) is 12.2. The number of nitrogens with one attached hydrogen (secondary N) is 1. The quantitative estimate of drug-likeness (QED) is 0.899. The van der Waals surface area contributed by atoms with Gasteiger partial charge in [0.1, 0.15) is 10.6 Å². The highest BCUT2D eigenvalue weighted by atomic mass is 79.9. The van der Waals surface area contributed by atoms with Gasteiger partial charge >= 0.3 is 5.97 Å². The largest absolute Gasteiger partial charge is 0.478 e. The predicted octanol–water partition coefficient (Wildman–Crippen LogP) is 3.16. The number of halogens is 1. The van der Waals surface area contributed by atoms with Crippen LogP contribution in [0.1, 0.15) is 26.4 Å². The fourth-order valence-electron chi connectivity index (χ4n) is 1.48. The molecule has 0 fully saturated rings. The molecule has 0 bridgehead atoms. The maximum absolute atomic E-state index is 12.0. The van der Waals surface area contributed by atoms with Crippen LogP contribution in [0.5, 0.6) is 0 Å². The third-order valence-electron chi connectivity index (χ3n) is 2.41. The standard InChI is InChI=1S/C12H9BrN2O3S/c1-6-9(12(17)18)11(19-15-6)14-10(16)7-2-4-8(13)5-3-7/h2-5H,1H3,(H,14,16)(H,17,18). The van der Waals surface area contributed by atoms with Crippen LogP contribution < -0.4 is 5.32 Å². The second kappa shape index (κ2) is 5.50. The summed E-state index contributed by atoms with van der Waals surface area (Å²) in [6.45, 7) is 1.59. The Kier molecular flexibility index (Phi) is 3.96. The summed E-state index contributed by atoms with van der Waals surface area (Å²) in [6, 6.07) is 6.78. The number of anilines is 1. The molecule has 1 amide bonds. The van der Waals surface area contributed by atoms with Crippen LogP contribution >= 0.6 is 27.5 Å². The van der Waals surface area contributed by atoms with Crippen LogP contribution in [0.2, 0.25) is 0 Å². The minimum atomic E-state index is -1.10. The number of aryl methyl sites for hydroxylation is 1. The van der Waals surface area contributed by atoms with Gasteiger partial charge in [-0.25, -0.2) is 4.79 Å². The molecule has 98 valence electrons. The number of carboxylic acid groups (broad SMARTS) is 1. The van der Waals surface area contributed by atoms with E-state index in [1.165, 1.54) is 0 Å². The van der Waals surface area contributed by atoms with Crippen LogP contribution in [0.3, 0.4) is 0 Å². The number of aromatic carboxylic acids is 1. The van der Waals surface area contributed by atoms with Gasteiger partial charge in [-0.15, -0.1) is 0 Å². The number of rotatable bonds is 3. The van der Waals surface area contributed by atoms with Gasteiger partial charge in [0.25, 0.3) is 5.91 Å². The van der Waals surface area contributed by atoms with Crippen LogP contribution in [0, 0.1) is 6.92 Å². The number of carbonyl (C=O) groups excluding carboxylic acids is 1. The van der Waals surface area contributed by atoms with Crippen molar-refractivity contribution in [1.82, 2.24) is 4.37 Å². The van der Waals surface area contributed by atoms with Crippen molar-refractivity contribution in [3.63, 3.8) is 0 Å². The minimum Gasteiger partial charge on any atom is -0.478 e. The molecule has 7 heteroatoms. The average Bonchev–Trinajstić information content (AvgIpc) is 2.71. The van der Waals surface area contributed by atoms with E-state index in [2.05, 4.69) is 25.6 Å². The van der Waals surface area contributed by atoms with E-state index in [1.807, 2.05) is 0 Å². The molecule has 0 saturated carbocycles. The average molecular weight is 341 g/mol. The summed E-state index contributed by atoms with van der Waals surface area (Å²) in [7, 11) is 0. The molecule has 2 N–H and O–H groups in total. The van der Waals surface area contributed by atoms with E-state index in [0.717, 1.165) is 16.0 Å². The SMILES string of the molecule is Cc1nsc(NC(=O)c2ccc(Br)cc2)c1C(=O)O. The second-order valence-corrected chi connectivity index (χ2v) is 5.43. The molecule has 2 rings (SSSR count). The Bertz CT molecular complexity index is 637. The number of nitrogens with zero attached hydrogens (tertiary/aromatic N) is 1. The third kappa shape index (κ3) is 2.99. The number of hydrogen-bond donors (Lipinski definition) is 2. The van der Waals surface area contributed by atoms with Crippen molar-refractivity contribution in [2.75, 3.05) is 5.32 Å². The van der Waals surface area contributed by atoms with Crippen molar-refractivity contribution in [3.8, 4) is 0 Å². The van der Waals surface area contributed by atoms with Gasteiger partial charge in [-0.2, -0.15) is 4.37 Å². The lowest BCUT2D eigenvalue weighted by molar-refractivity contribution is 0.0697. The van der Waals surface area contributed by atoms with Gasteiger partial charge in [0.05, 0.1) is 5.69 Å². The Balaban J connectivity index is 2.24. The van der Waals surface area contributed by atoms with Gasteiger partial charge in [-0.1, -0.05) is 15.9 Å². The van der Waals surface area contributed by atoms with E-state index in [4.69, 9.17) is 5.11 Å². The van der Waals surface area contributed by atoms with E-state index in [-0.39, 0.29) is 16.5 Å². The van der Waals surface area contributed by atoms with Gasteiger partial charge in [0, 0.05) is 10.0 Å². The molecule has 1 aromatic carbocycles. The lowest BCUT2D eigenvalue weighted by Gasteiger charge is -2.04. The predicted molar refractivity (Wildman–Crippen MR) is 75.9 cm³/mol. The summed E-state index contributed by atoms with van der Waals surface area (Å²) < 4.78 is 4.80. The summed E-state index contributed by atoms with van der Waals surface area (Å²) in [6.07, 6.45) is 0. The van der Waals surface area contributed by atoms with Crippen molar-refractivity contribution < 1.29 is 14.7 Å². The van der Waals surface area contributed by atoms with Crippen molar-refractivity contribution in [2.45, 2.75) is 6.92 Å². The molecular formula is C12H9BrN2O3S. The fraction of sp³-hybridized carbons (Fsp3) is 0.0833. The first-order chi connectivity index (χ1) is 8.99. The smallest absolute Gasteiger partial charge is 0.340 e. The first-order valence-electron chi connectivity index (χ1n) is 5.25. The summed E-state index contributed by atoms with van der Waals surface area (Å²) in [5.74, 6) is -1.46. The zero-order chi connectivity index (χ0) is 14.0. The number of aromatic nitrogens is 1. The minimum absolute atomic E-state index is 0.0375. The number of amides is 1. The molecule has 0 aliphatic heterocycles. The summed E-state index contributed by atoms with van der Waals surface area (Å²) >= 11 is 4.24. The summed E-state index contributed by atoms with van der Waals surface area (Å²) in [5.41, 5.74) is 0.879. The van der Waals surface area contributed by atoms with Crippen molar-refractivity contribution >= 4 is 44.3 Å². The van der Waals surface area contributed by atoms with Crippen molar-refractivity contribution in [1.29, 1.82) is 0 Å². The van der Waals surface area contributed by atoms with Crippen LogP contribution in [0.25, 0.3) is 0 Å². The normalized spacial score (nSPS) is 10.2. The Morgan fingerprint density at radius 3 is 2.53 bits per heavy atom. The molecule has 1 aromatic heterocycles. The lowest BCUT2D eigenvalue weighted by atomic mass is 10.2. The molecule has 0 unspecified atom stereocenters. The van der Waals surface area contributed by atoms with Gasteiger partial charge in [-0.3, -0.25) is 4.79 Å². The molecule has 5 nitrogen and oxygen atoms in total. The van der Waals surface area contributed by atoms with E-state index < -0.39 is 5.97 Å². The Morgan fingerprint density at radius 1 is 1.32 bits per heavy atom. The zero-order valence-electron chi connectivity index (χ0n) is 9.81. The molecule has 0 spiro atoms. The lowest BCUT2D eigenvalue weighted by Crippen LogP contribution is -2.13. The Labute approximate surface area is 121 Å².